The molecule has 5 nitrogen and oxygen atoms in total. The van der Waals surface area contributed by atoms with Crippen molar-refractivity contribution in [2.45, 2.75) is 26.2 Å². The van der Waals surface area contributed by atoms with Gasteiger partial charge in [0, 0.05) is 0 Å². The van der Waals surface area contributed by atoms with Crippen LogP contribution in [0.25, 0.3) is 0 Å². The van der Waals surface area contributed by atoms with Crippen LogP contribution in [0.1, 0.15) is 12.6 Å². The van der Waals surface area contributed by atoms with Gasteiger partial charge in [-0.3, -0.25) is 0 Å². The molecular formula is C6H8N2O3. The molecule has 0 aromatic carbocycles. The monoisotopic (exact) mass is 156 g/mol. The van der Waals surface area contributed by atoms with E-state index in [1.54, 1.807) is 4.68 Å². The lowest BCUT2D eigenvalue weighted by atomic mass is 10.3. The summed E-state index contributed by atoms with van der Waals surface area (Å²) >= 11 is 0. The quantitative estimate of drug-likeness (QED) is 0.450. The van der Waals surface area contributed by atoms with E-state index >= 15 is 0 Å². The van der Waals surface area contributed by atoms with Crippen molar-refractivity contribution >= 4 is 0 Å². The van der Waals surface area contributed by atoms with E-state index in [1.807, 2.05) is 6.92 Å². The van der Waals surface area contributed by atoms with Crippen LogP contribution in [0.2, 0.25) is 0 Å². The Hall–Kier alpha value is -1.10. The average Bonchev–Trinajstić information content (AvgIpc) is 2.32. The number of fused-ring (bicyclic) bond motifs is 1. The van der Waals surface area contributed by atoms with Crippen molar-refractivity contribution in [3.63, 3.8) is 0 Å². The highest BCUT2D eigenvalue weighted by atomic mass is 16.6. The zero-order valence-corrected chi connectivity index (χ0v) is 6.11. The van der Waals surface area contributed by atoms with Gasteiger partial charge in [-0.15, -0.1) is 0 Å². The zero-order valence-electron chi connectivity index (χ0n) is 6.11. The lowest BCUT2D eigenvalue weighted by Crippen LogP contribution is -2.48. The first-order valence-corrected chi connectivity index (χ1v) is 3.44. The van der Waals surface area contributed by atoms with E-state index in [4.69, 9.17) is 4.74 Å². The lowest BCUT2D eigenvalue weighted by molar-refractivity contribution is -0.783. The molecule has 5 heteroatoms. The van der Waals surface area contributed by atoms with E-state index in [9.17, 15) is 5.11 Å². The van der Waals surface area contributed by atoms with E-state index in [0.29, 0.717) is 18.8 Å². The Balaban J connectivity index is 2.36. The maximum absolute atomic E-state index is 10.8. The number of rotatable bonds is 0. The van der Waals surface area contributed by atoms with E-state index in [2.05, 4.69) is 9.79 Å². The maximum atomic E-state index is 10.8. The van der Waals surface area contributed by atoms with Crippen LogP contribution < -0.4 is 9.79 Å². The summed E-state index contributed by atoms with van der Waals surface area (Å²) in [5, 5.41) is 14.4. The van der Waals surface area contributed by atoms with Crippen LogP contribution in [0.4, 0.5) is 0 Å². The fraction of sp³-hybridized carbons (Fsp3) is 0.667. The van der Waals surface area contributed by atoms with Crippen LogP contribution in [0.3, 0.4) is 0 Å². The fourth-order valence-electron chi connectivity index (χ4n) is 1.09. The van der Waals surface area contributed by atoms with Gasteiger partial charge in [0.05, 0.1) is 5.27 Å². The summed E-state index contributed by atoms with van der Waals surface area (Å²) in [6, 6.07) is 0. The van der Waals surface area contributed by atoms with Crippen molar-refractivity contribution in [1.82, 2.24) is 5.27 Å². The van der Waals surface area contributed by atoms with Crippen LogP contribution >= 0.6 is 0 Å². The molecule has 0 bridgehead atoms. The predicted molar refractivity (Wildman–Crippen MR) is 30.4 cm³/mol. The Kier molecular flexibility index (Phi) is 1.32. The van der Waals surface area contributed by atoms with Gasteiger partial charge in [-0.05, 0) is 6.92 Å². The predicted octanol–water partition coefficient (Wildman–Crippen LogP) is -1.05. The highest BCUT2D eigenvalue weighted by Gasteiger charge is 2.26. The SMILES string of the molecule is C[C@H]1C[n+]2noc([O-])c2CO1. The van der Waals surface area contributed by atoms with Gasteiger partial charge in [0.1, 0.15) is 12.7 Å². The molecule has 0 unspecified atom stereocenters. The van der Waals surface area contributed by atoms with E-state index in [-0.39, 0.29) is 6.10 Å². The van der Waals surface area contributed by atoms with Crippen LogP contribution in [-0.2, 0) is 17.9 Å². The summed E-state index contributed by atoms with van der Waals surface area (Å²) in [6.45, 7) is 2.83. The summed E-state index contributed by atoms with van der Waals surface area (Å²) in [6.07, 6.45) is 0.108. The number of ether oxygens (including phenoxy) is 1. The van der Waals surface area contributed by atoms with Crippen molar-refractivity contribution in [1.29, 1.82) is 0 Å². The molecule has 1 aliphatic heterocycles. The Bertz CT molecular complexity index is 271. The van der Waals surface area contributed by atoms with Crippen molar-refractivity contribution in [3.8, 4) is 5.95 Å². The molecule has 2 rings (SSSR count). The van der Waals surface area contributed by atoms with Gasteiger partial charge >= 0.3 is 0 Å². The molecule has 0 N–H and O–H groups in total. The molecule has 1 atom stereocenters. The Morgan fingerprint density at radius 3 is 3.36 bits per heavy atom. The number of nitrogens with zero attached hydrogens (tertiary/aromatic N) is 2. The maximum Gasteiger partial charge on any atom is 0.259 e. The van der Waals surface area contributed by atoms with Crippen LogP contribution in [0, 0.1) is 0 Å². The number of hydrogen-bond donors (Lipinski definition) is 0. The minimum absolute atomic E-state index is 0.108. The molecule has 0 radical (unpaired) electrons. The first kappa shape index (κ1) is 6.60. The molecule has 2 heterocycles. The van der Waals surface area contributed by atoms with Crippen LogP contribution in [0.5, 0.6) is 5.95 Å². The third-order valence-corrected chi connectivity index (χ3v) is 1.70. The second-order valence-electron chi connectivity index (χ2n) is 2.61. The van der Waals surface area contributed by atoms with Gasteiger partial charge in [0.25, 0.3) is 5.69 Å². The zero-order chi connectivity index (χ0) is 7.84. The molecule has 0 saturated carbocycles. The first-order chi connectivity index (χ1) is 5.27. The molecule has 0 amide bonds. The van der Waals surface area contributed by atoms with Crippen molar-refractivity contribution in [2.24, 2.45) is 0 Å². The van der Waals surface area contributed by atoms with Gasteiger partial charge in [-0.2, -0.15) is 0 Å². The second kappa shape index (κ2) is 2.20. The summed E-state index contributed by atoms with van der Waals surface area (Å²) < 4.78 is 11.2. The Labute approximate surface area is 63.2 Å². The van der Waals surface area contributed by atoms with E-state index in [1.165, 1.54) is 0 Å². The van der Waals surface area contributed by atoms with Gasteiger partial charge < -0.3 is 14.4 Å². The smallest absolute Gasteiger partial charge is 0.259 e. The summed E-state index contributed by atoms with van der Waals surface area (Å²) in [4.78, 5) is 0. The molecule has 0 spiro atoms. The molecule has 60 valence electrons. The van der Waals surface area contributed by atoms with Crippen molar-refractivity contribution in [2.75, 3.05) is 0 Å². The van der Waals surface area contributed by atoms with Gasteiger partial charge in [-0.25, -0.2) is 0 Å². The molecule has 1 aliphatic rings. The normalized spacial score (nSPS) is 23.2. The standard InChI is InChI=1S/C6H8N2O3/c1-4-2-8-5(3-10-4)6(9)11-7-8/h4H,2-3H2,1H3/t4-/m0/s1. The molecule has 0 fully saturated rings. The number of hydrogen-bond acceptors (Lipinski definition) is 4. The topological polar surface area (TPSA) is 62.2 Å². The molecular weight excluding hydrogens is 148 g/mol. The largest absolute Gasteiger partial charge is 0.539 e. The molecule has 0 aliphatic carbocycles. The molecule has 1 aromatic heterocycles. The highest BCUT2D eigenvalue weighted by molar-refractivity contribution is 5.01. The molecule has 0 saturated heterocycles. The third kappa shape index (κ3) is 0.970. The van der Waals surface area contributed by atoms with Gasteiger partial charge in [0.15, 0.2) is 5.95 Å². The third-order valence-electron chi connectivity index (χ3n) is 1.70. The van der Waals surface area contributed by atoms with Crippen LogP contribution in [0.15, 0.2) is 4.52 Å². The second-order valence-corrected chi connectivity index (χ2v) is 2.61. The lowest BCUT2D eigenvalue weighted by Gasteiger charge is -2.12. The summed E-state index contributed by atoms with van der Waals surface area (Å²) in [5.74, 6) is -0.392. The minimum Gasteiger partial charge on any atom is -0.539 e. The van der Waals surface area contributed by atoms with E-state index < -0.39 is 5.95 Å². The molecule has 1 aromatic rings. The Morgan fingerprint density at radius 1 is 1.73 bits per heavy atom. The Morgan fingerprint density at radius 2 is 2.55 bits per heavy atom. The highest BCUT2D eigenvalue weighted by Crippen LogP contribution is 2.13. The van der Waals surface area contributed by atoms with E-state index in [0.717, 1.165) is 0 Å². The average molecular weight is 156 g/mol. The van der Waals surface area contributed by atoms with Crippen molar-refractivity contribution in [3.05, 3.63) is 5.69 Å². The first-order valence-electron chi connectivity index (χ1n) is 3.44. The van der Waals surface area contributed by atoms with Gasteiger partial charge in [0.2, 0.25) is 6.54 Å². The van der Waals surface area contributed by atoms with Crippen LogP contribution in [-0.4, -0.2) is 11.4 Å². The van der Waals surface area contributed by atoms with Crippen molar-refractivity contribution < 1.29 is 19.0 Å². The van der Waals surface area contributed by atoms with Gasteiger partial charge in [-0.1, -0.05) is 4.68 Å². The molecule has 11 heavy (non-hydrogen) atoms. The number of aromatic nitrogens is 2. The summed E-state index contributed by atoms with van der Waals surface area (Å²) in [7, 11) is 0. The summed E-state index contributed by atoms with van der Waals surface area (Å²) in [5.41, 5.74) is 0.503. The fourth-order valence-corrected chi connectivity index (χ4v) is 1.09. The minimum atomic E-state index is -0.392.